The summed E-state index contributed by atoms with van der Waals surface area (Å²) < 4.78 is 13.9. The van der Waals surface area contributed by atoms with Crippen LogP contribution in [0.4, 0.5) is 0 Å². The topological polar surface area (TPSA) is 184 Å². The number of pyridine rings is 3. The van der Waals surface area contributed by atoms with E-state index in [1.165, 1.54) is 86.7 Å². The lowest BCUT2D eigenvalue weighted by Crippen LogP contribution is -2.02. The first-order valence-electron chi connectivity index (χ1n) is 50.0. The Kier molecular flexibility index (Phi) is 21.4. The molecule has 0 N–H and O–H groups in total. The van der Waals surface area contributed by atoms with E-state index in [-0.39, 0.29) is 0 Å². The van der Waals surface area contributed by atoms with E-state index in [9.17, 15) is 0 Å². The molecule has 30 rings (SSSR count). The summed E-state index contributed by atoms with van der Waals surface area (Å²) in [5, 5.41) is 14.4. The van der Waals surface area contributed by atoms with Gasteiger partial charge < -0.3 is 18.3 Å². The van der Waals surface area contributed by atoms with Gasteiger partial charge in [0, 0.05) is 150 Å². The van der Waals surface area contributed by atoms with Crippen LogP contribution < -0.4 is 0 Å². The maximum atomic E-state index is 5.06. The molecule has 0 aliphatic heterocycles. The van der Waals surface area contributed by atoms with Gasteiger partial charge in [-0.05, 0) is 140 Å². The SMILES string of the molecule is c1ccc(-c2nc(-c3ccccc3)nc(-c3ccc(-n4c5ccccc5c5cc6c(cc54)c4ccccc4n6-c4ccccc4)nc3)n2)cc1.c1ccc(-c2nc(-c3ccccc3)nc(-c3ccnc(-n4c5ccccc5c5cc6c7ccccc7n(-c7ccccc7)c6cc54)c3)n2)cc1.c1ccc(-c2nc(-c3ccccc3)nc(-c3cncc(-n4c5ccccc5c5cc6c7ccccc7n(-c7ccccc7)c6cc54)c3)n2)cc1. The van der Waals surface area contributed by atoms with E-state index >= 15 is 0 Å². The van der Waals surface area contributed by atoms with Crippen molar-refractivity contribution in [3.63, 3.8) is 0 Å². The smallest absolute Gasteiger partial charge is 0.165 e. The lowest BCUT2D eigenvalue weighted by Gasteiger charge is -2.12. The molecule has 0 spiro atoms. The molecule has 18 aromatic carbocycles. The molecule has 0 fully saturated rings. The normalized spacial score (nSPS) is 11.6. The van der Waals surface area contributed by atoms with Crippen LogP contribution in [0.1, 0.15) is 0 Å². The van der Waals surface area contributed by atoms with E-state index in [1.807, 2.05) is 213 Å². The Morgan fingerprint density at radius 1 is 0.127 bits per heavy atom. The van der Waals surface area contributed by atoms with Crippen LogP contribution in [-0.4, -0.2) is 87.2 Å². The summed E-state index contributed by atoms with van der Waals surface area (Å²) in [5.41, 5.74) is 26.0. The Bertz CT molecular complexity index is 9870. The van der Waals surface area contributed by atoms with Crippen molar-refractivity contribution in [2.24, 2.45) is 0 Å². The second-order valence-electron chi connectivity index (χ2n) is 37.1. The van der Waals surface area contributed by atoms with Gasteiger partial charge in [0.25, 0.3) is 0 Å². The number of fused-ring (bicyclic) bond motifs is 18. The molecule has 0 aliphatic carbocycles. The van der Waals surface area contributed by atoms with Gasteiger partial charge >= 0.3 is 0 Å². The molecule has 0 amide bonds. The molecule has 0 atom stereocenters. The molecular formula is C132H84N18. The molecule has 12 aromatic heterocycles. The number of hydrogen-bond acceptors (Lipinski definition) is 12. The van der Waals surface area contributed by atoms with Crippen molar-refractivity contribution in [1.29, 1.82) is 0 Å². The summed E-state index contributed by atoms with van der Waals surface area (Å²) in [6, 6.07) is 168. The van der Waals surface area contributed by atoms with Gasteiger partial charge in [-0.1, -0.05) is 346 Å². The molecule has 0 bridgehead atoms. The third-order valence-electron chi connectivity index (χ3n) is 28.2. The summed E-state index contributed by atoms with van der Waals surface area (Å²) in [7, 11) is 0. The standard InChI is InChI=1S/3C44H28N6/c1-4-14-29(15-5-1)42-46-43(30-16-6-2-7-17-30)48-44(47-42)31-24-33(28-45-27-31)50-39-23-13-11-21-35(39)37-25-36-34-20-10-12-22-38(34)49(40(36)26-41(37)50)32-18-8-3-9-19-32;1-4-14-29(15-5-1)42-46-43(30-16-6-2-7-17-30)48-44(47-42)31-24-25-41(45-28-31)50-38-23-13-11-21-34(38)36-26-39-35(27-40(36)50)33-20-10-12-22-37(33)49(39)32-18-8-3-9-19-32;1-4-14-29(15-5-1)42-46-43(30-16-6-2-7-17-30)48-44(47-42)31-24-25-45-41(26-31)50-38-23-13-11-21-34(38)36-27-35-33-20-10-12-22-37(33)49(39(35)28-40(36)50)32-18-8-3-9-19-32/h3*1-28H. The van der Waals surface area contributed by atoms with Crippen LogP contribution >= 0.6 is 0 Å². The lowest BCUT2D eigenvalue weighted by atomic mass is 10.1. The molecule has 150 heavy (non-hydrogen) atoms. The third kappa shape index (κ3) is 15.4. The molecule has 30 aromatic rings. The first-order valence-corrected chi connectivity index (χ1v) is 50.0. The fraction of sp³-hybridized carbons (Fsp3) is 0. The van der Waals surface area contributed by atoms with Crippen molar-refractivity contribution in [3.05, 3.63) is 510 Å². The fourth-order valence-corrected chi connectivity index (χ4v) is 21.4. The number of benzene rings is 18. The maximum absolute atomic E-state index is 5.06. The molecule has 0 aliphatic rings. The van der Waals surface area contributed by atoms with E-state index in [2.05, 4.69) is 325 Å². The van der Waals surface area contributed by atoms with Gasteiger partial charge in [-0.2, -0.15) is 0 Å². The van der Waals surface area contributed by atoms with Gasteiger partial charge in [0.15, 0.2) is 52.4 Å². The summed E-state index contributed by atoms with van der Waals surface area (Å²) in [6.07, 6.45) is 7.47. The average molecular weight is 1920 g/mol. The largest absolute Gasteiger partial charge is 0.309 e. The van der Waals surface area contributed by atoms with Crippen LogP contribution in [0.2, 0.25) is 0 Å². The van der Waals surface area contributed by atoms with Gasteiger partial charge in [-0.3, -0.25) is 14.1 Å². The number of aromatic nitrogens is 18. The lowest BCUT2D eigenvalue weighted by molar-refractivity contribution is 1.05. The van der Waals surface area contributed by atoms with E-state index in [4.69, 9.17) is 59.8 Å². The molecule has 18 heteroatoms. The Labute approximate surface area is 859 Å². The van der Waals surface area contributed by atoms with Crippen molar-refractivity contribution in [2.75, 3.05) is 0 Å². The predicted molar refractivity (Wildman–Crippen MR) is 608 cm³/mol. The highest BCUT2D eigenvalue weighted by Gasteiger charge is 2.27. The predicted octanol–water partition coefficient (Wildman–Crippen LogP) is 31.4. The monoisotopic (exact) mass is 1920 g/mol. The molecule has 702 valence electrons. The highest BCUT2D eigenvalue weighted by atomic mass is 15.1. The zero-order valence-corrected chi connectivity index (χ0v) is 80.5. The molecule has 0 saturated carbocycles. The van der Waals surface area contributed by atoms with Gasteiger partial charge in [-0.25, -0.2) is 54.8 Å². The Hall–Kier alpha value is -20.8. The minimum Gasteiger partial charge on any atom is -0.309 e. The Morgan fingerprint density at radius 3 is 0.693 bits per heavy atom. The van der Waals surface area contributed by atoms with Gasteiger partial charge in [-0.15, -0.1) is 0 Å². The molecular weight excluding hydrogens is 1840 g/mol. The van der Waals surface area contributed by atoms with Crippen molar-refractivity contribution in [1.82, 2.24) is 87.2 Å². The molecule has 18 nitrogen and oxygen atoms in total. The molecule has 12 heterocycles. The van der Waals surface area contributed by atoms with Crippen molar-refractivity contribution >= 4 is 131 Å². The summed E-state index contributed by atoms with van der Waals surface area (Å²) >= 11 is 0. The fourth-order valence-electron chi connectivity index (χ4n) is 21.4. The molecule has 0 saturated heterocycles. The van der Waals surface area contributed by atoms with Crippen LogP contribution in [0.3, 0.4) is 0 Å². The van der Waals surface area contributed by atoms with Gasteiger partial charge in [0.05, 0.1) is 78.1 Å². The number of para-hydroxylation sites is 9. The Balaban J connectivity index is 0.000000108. The summed E-state index contributed by atoms with van der Waals surface area (Å²) in [4.78, 5) is 59.2. The minimum absolute atomic E-state index is 0.569. The number of rotatable bonds is 15. The summed E-state index contributed by atoms with van der Waals surface area (Å²) in [5.74, 6) is 7.09. The third-order valence-corrected chi connectivity index (χ3v) is 28.2. The number of hydrogen-bond donors (Lipinski definition) is 0. The zero-order valence-electron chi connectivity index (χ0n) is 80.5. The number of nitrogens with zero attached hydrogens (tertiary/aromatic N) is 18. The van der Waals surface area contributed by atoms with Crippen LogP contribution in [0.15, 0.2) is 510 Å². The van der Waals surface area contributed by atoms with E-state index in [0.717, 1.165) is 129 Å². The van der Waals surface area contributed by atoms with Crippen LogP contribution in [-0.2, 0) is 0 Å². The Morgan fingerprint density at radius 2 is 0.373 bits per heavy atom. The summed E-state index contributed by atoms with van der Waals surface area (Å²) in [6.45, 7) is 0. The van der Waals surface area contributed by atoms with Crippen molar-refractivity contribution < 1.29 is 0 Å². The van der Waals surface area contributed by atoms with Gasteiger partial charge in [0.1, 0.15) is 11.6 Å². The quantitative estimate of drug-likeness (QED) is 0.0947. The van der Waals surface area contributed by atoms with Crippen LogP contribution in [0.25, 0.3) is 268 Å². The highest BCUT2D eigenvalue weighted by molar-refractivity contribution is 6.23. The maximum Gasteiger partial charge on any atom is 0.165 e. The van der Waals surface area contributed by atoms with Crippen LogP contribution in [0.5, 0.6) is 0 Å². The van der Waals surface area contributed by atoms with Crippen molar-refractivity contribution in [3.8, 4) is 137 Å². The zero-order chi connectivity index (χ0) is 99.1. The van der Waals surface area contributed by atoms with Gasteiger partial charge in [0.2, 0.25) is 0 Å². The molecule has 0 unspecified atom stereocenters. The van der Waals surface area contributed by atoms with E-state index in [1.54, 1.807) is 0 Å². The first kappa shape index (κ1) is 87.1. The average Bonchev–Trinajstić information content (AvgIpc) is 1.57. The van der Waals surface area contributed by atoms with E-state index < -0.39 is 0 Å². The second-order valence-corrected chi connectivity index (χ2v) is 37.1. The van der Waals surface area contributed by atoms with Crippen molar-refractivity contribution in [2.45, 2.75) is 0 Å². The molecule has 0 radical (unpaired) electrons. The first-order chi connectivity index (χ1) is 74.4. The highest BCUT2D eigenvalue weighted by Crippen LogP contribution is 2.46. The second kappa shape index (κ2) is 36.9. The van der Waals surface area contributed by atoms with Crippen LogP contribution in [0, 0.1) is 0 Å². The minimum atomic E-state index is 0.569. The van der Waals surface area contributed by atoms with E-state index in [0.29, 0.717) is 52.4 Å².